The molecule has 0 bridgehead atoms. The van der Waals surface area contributed by atoms with E-state index < -0.39 is 0 Å². The first-order valence-electron chi connectivity index (χ1n) is 7.20. The Morgan fingerprint density at radius 1 is 1.21 bits per heavy atom. The van der Waals surface area contributed by atoms with Gasteiger partial charge in [-0.3, -0.25) is 9.59 Å². The number of hydrogen-bond acceptors (Lipinski definition) is 4. The second-order valence-electron chi connectivity index (χ2n) is 5.33. The Morgan fingerprint density at radius 3 is 2.37 bits per heavy atom. The average molecular weight is 270 g/mol. The Balaban J connectivity index is 2.38. The Kier molecular flexibility index (Phi) is 6.84. The number of carbonyl (C=O) groups is 2. The second-order valence-corrected chi connectivity index (χ2v) is 5.33. The van der Waals surface area contributed by atoms with Crippen LogP contribution >= 0.6 is 0 Å². The fourth-order valence-corrected chi connectivity index (χ4v) is 2.65. The zero-order valence-electron chi connectivity index (χ0n) is 11.9. The van der Waals surface area contributed by atoms with Gasteiger partial charge in [0.25, 0.3) is 0 Å². The highest BCUT2D eigenvalue weighted by Crippen LogP contribution is 2.34. The van der Waals surface area contributed by atoms with Gasteiger partial charge in [0.1, 0.15) is 0 Å². The summed E-state index contributed by atoms with van der Waals surface area (Å²) in [6, 6.07) is 0. The van der Waals surface area contributed by atoms with Gasteiger partial charge in [-0.15, -0.1) is 0 Å². The summed E-state index contributed by atoms with van der Waals surface area (Å²) in [5.74, 6) is -0.181. The van der Waals surface area contributed by atoms with E-state index in [1.54, 1.807) is 0 Å². The minimum atomic E-state index is -0.387. The molecule has 0 saturated heterocycles. The molecule has 1 aliphatic rings. The molecule has 0 radical (unpaired) electrons. The molecule has 1 fully saturated rings. The van der Waals surface area contributed by atoms with Crippen molar-refractivity contribution in [3.63, 3.8) is 0 Å². The second kappa shape index (κ2) is 8.15. The quantitative estimate of drug-likeness (QED) is 0.434. The normalized spacial score (nSPS) is 18.4. The standard InChI is InChI=1S/C14H26N2O3/c1-19-12(17)7-6-10-16-13(18)14(11-15)8-4-2-3-5-9-14/h2-11,15H2,1H3,(H,16,18). The highest BCUT2D eigenvalue weighted by molar-refractivity contribution is 5.83. The maximum absolute atomic E-state index is 12.3. The van der Waals surface area contributed by atoms with Crippen molar-refractivity contribution in [3.8, 4) is 0 Å². The Hall–Kier alpha value is -1.10. The number of ether oxygens (including phenoxy) is 1. The summed E-state index contributed by atoms with van der Waals surface area (Å²) in [6.45, 7) is 0.922. The molecule has 0 aromatic heterocycles. The Labute approximate surface area is 115 Å². The van der Waals surface area contributed by atoms with Gasteiger partial charge in [-0.05, 0) is 19.3 Å². The van der Waals surface area contributed by atoms with Gasteiger partial charge in [-0.1, -0.05) is 25.7 Å². The average Bonchev–Trinajstić information content (AvgIpc) is 2.69. The molecular weight excluding hydrogens is 244 g/mol. The maximum Gasteiger partial charge on any atom is 0.305 e. The smallest absolute Gasteiger partial charge is 0.305 e. The van der Waals surface area contributed by atoms with E-state index in [0.29, 0.717) is 25.9 Å². The topological polar surface area (TPSA) is 81.4 Å². The van der Waals surface area contributed by atoms with Gasteiger partial charge in [0.05, 0.1) is 12.5 Å². The van der Waals surface area contributed by atoms with Crippen molar-refractivity contribution in [2.75, 3.05) is 20.2 Å². The predicted octanol–water partition coefficient (Wildman–Crippen LogP) is 1.36. The Bertz CT molecular complexity index is 297. The number of amides is 1. The van der Waals surface area contributed by atoms with Crippen LogP contribution in [0.5, 0.6) is 0 Å². The van der Waals surface area contributed by atoms with Gasteiger partial charge in [-0.2, -0.15) is 0 Å². The van der Waals surface area contributed by atoms with Crippen LogP contribution in [-0.4, -0.2) is 32.1 Å². The molecule has 1 aliphatic carbocycles. The maximum atomic E-state index is 12.3. The third-order valence-electron chi connectivity index (χ3n) is 4.00. The number of nitrogens with two attached hydrogens (primary N) is 1. The van der Waals surface area contributed by atoms with Crippen LogP contribution in [0.3, 0.4) is 0 Å². The number of nitrogens with one attached hydrogen (secondary N) is 1. The third-order valence-corrected chi connectivity index (χ3v) is 4.00. The SMILES string of the molecule is COC(=O)CCCNC(=O)C1(CN)CCCCCC1. The molecule has 0 aromatic rings. The van der Waals surface area contributed by atoms with E-state index in [1.807, 2.05) is 0 Å². The summed E-state index contributed by atoms with van der Waals surface area (Å²) in [5.41, 5.74) is 5.46. The first-order valence-corrected chi connectivity index (χ1v) is 7.20. The molecule has 110 valence electrons. The molecule has 0 spiro atoms. The number of methoxy groups -OCH3 is 1. The molecule has 19 heavy (non-hydrogen) atoms. The van der Waals surface area contributed by atoms with Crippen LogP contribution in [0.15, 0.2) is 0 Å². The van der Waals surface area contributed by atoms with E-state index in [4.69, 9.17) is 5.73 Å². The van der Waals surface area contributed by atoms with Gasteiger partial charge < -0.3 is 15.8 Å². The van der Waals surface area contributed by atoms with Crippen LogP contribution in [-0.2, 0) is 14.3 Å². The molecule has 1 rings (SSSR count). The van der Waals surface area contributed by atoms with Crippen molar-refractivity contribution in [3.05, 3.63) is 0 Å². The van der Waals surface area contributed by atoms with Crippen molar-refractivity contribution in [1.82, 2.24) is 5.32 Å². The van der Waals surface area contributed by atoms with Crippen molar-refractivity contribution >= 4 is 11.9 Å². The minimum absolute atomic E-state index is 0.0572. The molecule has 1 amide bonds. The fourth-order valence-electron chi connectivity index (χ4n) is 2.65. The zero-order valence-corrected chi connectivity index (χ0v) is 11.9. The van der Waals surface area contributed by atoms with Gasteiger partial charge in [-0.25, -0.2) is 0 Å². The van der Waals surface area contributed by atoms with Crippen molar-refractivity contribution in [2.24, 2.45) is 11.1 Å². The van der Waals surface area contributed by atoms with Crippen LogP contribution in [0.2, 0.25) is 0 Å². The molecule has 5 heteroatoms. The first kappa shape index (κ1) is 16.0. The molecule has 5 nitrogen and oxygen atoms in total. The zero-order chi connectivity index (χ0) is 14.1. The molecule has 0 aromatic carbocycles. The summed E-state index contributed by atoms with van der Waals surface area (Å²) in [5, 5.41) is 2.92. The summed E-state index contributed by atoms with van der Waals surface area (Å²) in [4.78, 5) is 23.3. The van der Waals surface area contributed by atoms with Gasteiger partial charge in [0, 0.05) is 19.5 Å². The summed E-state index contributed by atoms with van der Waals surface area (Å²) >= 11 is 0. The third kappa shape index (κ3) is 4.82. The number of rotatable bonds is 6. The Morgan fingerprint density at radius 2 is 1.84 bits per heavy atom. The molecule has 1 saturated carbocycles. The van der Waals surface area contributed by atoms with Crippen molar-refractivity contribution in [1.29, 1.82) is 0 Å². The molecule has 0 unspecified atom stereocenters. The summed E-state index contributed by atoms with van der Waals surface area (Å²) in [7, 11) is 1.37. The highest BCUT2D eigenvalue weighted by atomic mass is 16.5. The summed E-state index contributed by atoms with van der Waals surface area (Å²) in [6.07, 6.45) is 7.25. The van der Waals surface area contributed by atoms with E-state index in [2.05, 4.69) is 10.1 Å². The van der Waals surface area contributed by atoms with Gasteiger partial charge >= 0.3 is 5.97 Å². The molecule has 0 heterocycles. The molecule has 0 atom stereocenters. The van der Waals surface area contributed by atoms with Crippen LogP contribution in [0, 0.1) is 5.41 Å². The molecule has 0 aliphatic heterocycles. The molecular formula is C14H26N2O3. The fraction of sp³-hybridized carbons (Fsp3) is 0.857. The van der Waals surface area contributed by atoms with E-state index in [0.717, 1.165) is 25.7 Å². The van der Waals surface area contributed by atoms with Crippen LogP contribution in [0.25, 0.3) is 0 Å². The number of carbonyl (C=O) groups excluding carboxylic acids is 2. The van der Waals surface area contributed by atoms with Crippen LogP contribution in [0.1, 0.15) is 51.4 Å². The predicted molar refractivity (Wildman–Crippen MR) is 73.4 cm³/mol. The lowest BCUT2D eigenvalue weighted by Gasteiger charge is -2.29. The lowest BCUT2D eigenvalue weighted by atomic mass is 9.79. The molecule has 3 N–H and O–H groups in total. The van der Waals surface area contributed by atoms with E-state index >= 15 is 0 Å². The van der Waals surface area contributed by atoms with Crippen LogP contribution in [0.4, 0.5) is 0 Å². The van der Waals surface area contributed by atoms with E-state index in [9.17, 15) is 9.59 Å². The highest BCUT2D eigenvalue weighted by Gasteiger charge is 2.36. The first-order chi connectivity index (χ1) is 9.14. The van der Waals surface area contributed by atoms with Crippen molar-refractivity contribution < 1.29 is 14.3 Å². The van der Waals surface area contributed by atoms with E-state index in [1.165, 1.54) is 20.0 Å². The number of hydrogen-bond donors (Lipinski definition) is 2. The lowest BCUT2D eigenvalue weighted by Crippen LogP contribution is -2.46. The van der Waals surface area contributed by atoms with E-state index in [-0.39, 0.29) is 17.3 Å². The lowest BCUT2D eigenvalue weighted by molar-refractivity contribution is -0.141. The van der Waals surface area contributed by atoms with Crippen LogP contribution < -0.4 is 11.1 Å². The monoisotopic (exact) mass is 270 g/mol. The minimum Gasteiger partial charge on any atom is -0.469 e. The summed E-state index contributed by atoms with van der Waals surface area (Å²) < 4.78 is 4.56. The van der Waals surface area contributed by atoms with Gasteiger partial charge in [0.15, 0.2) is 0 Å². The number of esters is 1. The van der Waals surface area contributed by atoms with Gasteiger partial charge in [0.2, 0.25) is 5.91 Å². The van der Waals surface area contributed by atoms with Crippen molar-refractivity contribution in [2.45, 2.75) is 51.4 Å². The largest absolute Gasteiger partial charge is 0.469 e.